The maximum atomic E-state index is 9.62. The largest absolute Gasteiger partial charge is 0.192 e. The number of benzene rings is 4. The highest BCUT2D eigenvalue weighted by molar-refractivity contribution is 5.80. The fraction of sp³-hybridized carbons (Fsp3) is 0. The van der Waals surface area contributed by atoms with Gasteiger partial charge in [0.2, 0.25) is 0 Å². The summed E-state index contributed by atoms with van der Waals surface area (Å²) in [5, 5.41) is 28.3. The summed E-state index contributed by atoms with van der Waals surface area (Å²) in [5.74, 6) is 0. The number of hydrogen-bond donors (Lipinski definition) is 0. The van der Waals surface area contributed by atoms with E-state index in [9.17, 15) is 15.8 Å². The van der Waals surface area contributed by atoms with Gasteiger partial charge in [-0.15, -0.1) is 0 Å². The molecule has 0 aliphatic heterocycles. The number of nitriles is 3. The average Bonchev–Trinajstić information content (AvgIpc) is 2.83. The van der Waals surface area contributed by atoms with Gasteiger partial charge in [0.25, 0.3) is 0 Å². The summed E-state index contributed by atoms with van der Waals surface area (Å²) in [4.78, 5) is 0. The fourth-order valence-electron chi connectivity index (χ4n) is 3.52. The van der Waals surface area contributed by atoms with Gasteiger partial charge in [0.15, 0.2) is 0 Å². The van der Waals surface area contributed by atoms with Crippen LogP contribution in [-0.2, 0) is 0 Å². The van der Waals surface area contributed by atoms with Crippen LogP contribution in [0.25, 0.3) is 33.4 Å². The van der Waals surface area contributed by atoms with E-state index in [1.54, 1.807) is 6.07 Å². The molecule has 0 N–H and O–H groups in total. The van der Waals surface area contributed by atoms with E-state index in [0.29, 0.717) is 11.1 Å². The van der Waals surface area contributed by atoms with Gasteiger partial charge in [-0.3, -0.25) is 0 Å². The van der Waals surface area contributed by atoms with Gasteiger partial charge in [-0.05, 0) is 52.1 Å². The predicted molar refractivity (Wildman–Crippen MR) is 117 cm³/mol. The average molecular weight is 381 g/mol. The zero-order valence-electron chi connectivity index (χ0n) is 16.0. The van der Waals surface area contributed by atoms with E-state index in [1.165, 1.54) is 6.07 Å². The molecule has 0 fully saturated rings. The lowest BCUT2D eigenvalue weighted by Crippen LogP contribution is -1.93. The van der Waals surface area contributed by atoms with Crippen molar-refractivity contribution in [3.63, 3.8) is 0 Å². The molecule has 0 aliphatic carbocycles. The summed E-state index contributed by atoms with van der Waals surface area (Å²) in [6.45, 7) is 0. The highest BCUT2D eigenvalue weighted by Gasteiger charge is 2.13. The van der Waals surface area contributed by atoms with Crippen LogP contribution in [0.15, 0.2) is 91.0 Å². The fourth-order valence-corrected chi connectivity index (χ4v) is 3.52. The van der Waals surface area contributed by atoms with Gasteiger partial charge in [-0.2, -0.15) is 15.8 Å². The lowest BCUT2D eigenvalue weighted by Gasteiger charge is -2.10. The van der Waals surface area contributed by atoms with Crippen molar-refractivity contribution in [3.8, 4) is 51.6 Å². The van der Waals surface area contributed by atoms with Gasteiger partial charge >= 0.3 is 0 Å². The van der Waals surface area contributed by atoms with E-state index in [4.69, 9.17) is 0 Å². The minimum Gasteiger partial charge on any atom is -0.192 e. The Morgan fingerprint density at radius 3 is 1.63 bits per heavy atom. The van der Waals surface area contributed by atoms with E-state index in [2.05, 4.69) is 36.4 Å². The van der Waals surface area contributed by atoms with Crippen LogP contribution < -0.4 is 0 Å². The molecule has 0 atom stereocenters. The van der Waals surface area contributed by atoms with Gasteiger partial charge in [0, 0.05) is 5.56 Å². The van der Waals surface area contributed by atoms with Crippen LogP contribution in [0.2, 0.25) is 0 Å². The van der Waals surface area contributed by atoms with Crippen LogP contribution >= 0.6 is 0 Å². The Bertz CT molecular complexity index is 1360. The lowest BCUT2D eigenvalue weighted by molar-refractivity contribution is 1.40. The second-order valence-corrected chi connectivity index (χ2v) is 6.81. The Kier molecular flexibility index (Phi) is 5.08. The maximum Gasteiger partial charge on any atom is 0.101 e. The molecule has 0 radical (unpaired) electrons. The number of rotatable bonds is 3. The molecule has 4 aromatic carbocycles. The summed E-state index contributed by atoms with van der Waals surface area (Å²) >= 11 is 0. The topological polar surface area (TPSA) is 71.4 Å². The zero-order valence-corrected chi connectivity index (χ0v) is 16.0. The summed E-state index contributed by atoms with van der Waals surface area (Å²) in [6.07, 6.45) is 0. The molecular formula is C27H15N3. The first kappa shape index (κ1) is 18.7. The van der Waals surface area contributed by atoms with Crippen molar-refractivity contribution in [2.24, 2.45) is 0 Å². The van der Waals surface area contributed by atoms with Crippen LogP contribution in [0.4, 0.5) is 0 Å². The SMILES string of the molecule is N#Cc1cc(C#N)c(C#N)c(-c2cccc(-c3cccc(-c4ccccc4)c3)c2)c1. The van der Waals surface area contributed by atoms with Gasteiger partial charge in [0.1, 0.15) is 12.1 Å². The molecule has 4 rings (SSSR count). The smallest absolute Gasteiger partial charge is 0.101 e. The highest BCUT2D eigenvalue weighted by atomic mass is 14.3. The first-order valence-corrected chi connectivity index (χ1v) is 9.38. The van der Waals surface area contributed by atoms with Gasteiger partial charge in [-0.1, -0.05) is 66.7 Å². The molecule has 3 nitrogen and oxygen atoms in total. The Hall–Kier alpha value is -4.65. The Morgan fingerprint density at radius 1 is 0.467 bits per heavy atom. The molecule has 0 unspecified atom stereocenters. The quantitative estimate of drug-likeness (QED) is 0.418. The van der Waals surface area contributed by atoms with Crippen molar-refractivity contribution in [2.45, 2.75) is 0 Å². The van der Waals surface area contributed by atoms with Crippen LogP contribution in [-0.4, -0.2) is 0 Å². The van der Waals surface area contributed by atoms with E-state index in [-0.39, 0.29) is 11.1 Å². The van der Waals surface area contributed by atoms with Crippen LogP contribution in [0, 0.1) is 34.0 Å². The molecule has 0 aliphatic rings. The molecule has 0 bridgehead atoms. The van der Waals surface area contributed by atoms with E-state index in [0.717, 1.165) is 27.8 Å². The first-order valence-electron chi connectivity index (χ1n) is 9.38. The molecule has 0 saturated carbocycles. The molecular weight excluding hydrogens is 366 g/mol. The van der Waals surface area contributed by atoms with Gasteiger partial charge < -0.3 is 0 Å². The number of nitrogens with zero attached hydrogens (tertiary/aromatic N) is 3. The zero-order chi connectivity index (χ0) is 20.9. The second-order valence-electron chi connectivity index (χ2n) is 6.81. The van der Waals surface area contributed by atoms with Crippen molar-refractivity contribution in [1.82, 2.24) is 0 Å². The summed E-state index contributed by atoms with van der Waals surface area (Å²) in [7, 11) is 0. The second kappa shape index (κ2) is 8.15. The van der Waals surface area contributed by atoms with Crippen molar-refractivity contribution >= 4 is 0 Å². The number of hydrogen-bond acceptors (Lipinski definition) is 3. The van der Waals surface area contributed by atoms with Crippen LogP contribution in [0.3, 0.4) is 0 Å². The molecule has 138 valence electrons. The normalized spacial score (nSPS) is 9.90. The molecule has 4 aromatic rings. The minimum absolute atomic E-state index is 0.211. The molecule has 0 amide bonds. The van der Waals surface area contributed by atoms with Crippen molar-refractivity contribution < 1.29 is 0 Å². The minimum atomic E-state index is 0.211. The Balaban J connectivity index is 1.84. The molecule has 0 aromatic heterocycles. The molecule has 0 saturated heterocycles. The van der Waals surface area contributed by atoms with E-state index in [1.807, 2.05) is 60.7 Å². The molecule has 0 spiro atoms. The third kappa shape index (κ3) is 3.55. The molecule has 30 heavy (non-hydrogen) atoms. The van der Waals surface area contributed by atoms with E-state index < -0.39 is 0 Å². The van der Waals surface area contributed by atoms with Crippen LogP contribution in [0.1, 0.15) is 16.7 Å². The standard InChI is InChI=1S/C27H15N3/c28-16-19-12-25(17-29)27(18-30)26(13-19)24-11-5-10-23(15-24)22-9-4-8-21(14-22)20-6-2-1-3-7-20/h1-15H. The Morgan fingerprint density at radius 2 is 1.03 bits per heavy atom. The summed E-state index contributed by atoms with van der Waals surface area (Å²) < 4.78 is 0. The van der Waals surface area contributed by atoms with Crippen molar-refractivity contribution in [3.05, 3.63) is 108 Å². The summed E-state index contributed by atoms with van der Waals surface area (Å²) in [6, 6.07) is 35.6. The van der Waals surface area contributed by atoms with Gasteiger partial charge in [0.05, 0.1) is 22.8 Å². The third-order valence-corrected chi connectivity index (χ3v) is 4.98. The van der Waals surface area contributed by atoms with Gasteiger partial charge in [-0.25, -0.2) is 0 Å². The highest BCUT2D eigenvalue weighted by Crippen LogP contribution is 2.32. The van der Waals surface area contributed by atoms with Crippen molar-refractivity contribution in [2.75, 3.05) is 0 Å². The van der Waals surface area contributed by atoms with Crippen LogP contribution in [0.5, 0.6) is 0 Å². The first-order chi connectivity index (χ1) is 14.7. The molecule has 0 heterocycles. The maximum absolute atomic E-state index is 9.62. The molecule has 3 heteroatoms. The van der Waals surface area contributed by atoms with Crippen molar-refractivity contribution in [1.29, 1.82) is 15.8 Å². The third-order valence-electron chi connectivity index (χ3n) is 4.98. The van der Waals surface area contributed by atoms with E-state index >= 15 is 0 Å². The predicted octanol–water partition coefficient (Wildman–Crippen LogP) is 6.30. The monoisotopic (exact) mass is 381 g/mol. The Labute approximate surface area is 175 Å². The lowest BCUT2D eigenvalue weighted by atomic mass is 9.91. The summed E-state index contributed by atoms with van der Waals surface area (Å²) in [5.41, 5.74) is 6.55.